The summed E-state index contributed by atoms with van der Waals surface area (Å²) in [5, 5.41) is 3.03. The number of hydrogen-bond acceptors (Lipinski definition) is 8. The van der Waals surface area contributed by atoms with Gasteiger partial charge in [-0.25, -0.2) is 0 Å². The molecule has 4 aliphatic rings. The molecule has 502 valence electrons. The number of esters is 1. The molecule has 88 heavy (non-hydrogen) atoms. The van der Waals surface area contributed by atoms with Crippen LogP contribution in [0.5, 0.6) is 0 Å². The van der Waals surface area contributed by atoms with Crippen molar-refractivity contribution in [3.05, 3.63) is 119 Å². The van der Waals surface area contributed by atoms with E-state index in [-0.39, 0.29) is 51.7 Å². The Hall–Kier alpha value is -4.35. The molecule has 3 fully saturated rings. The van der Waals surface area contributed by atoms with Crippen molar-refractivity contribution in [1.29, 1.82) is 0 Å². The molecule has 5 atom stereocenters. The van der Waals surface area contributed by atoms with Crippen LogP contribution in [0, 0.1) is 38.4 Å². The van der Waals surface area contributed by atoms with Gasteiger partial charge in [-0.3, -0.25) is 14.4 Å². The first kappa shape index (κ1) is 81.7. The van der Waals surface area contributed by atoms with E-state index in [1.807, 2.05) is 49.9 Å². The Kier molecular flexibility index (Phi) is 34.6. The van der Waals surface area contributed by atoms with Crippen molar-refractivity contribution in [2.45, 2.75) is 279 Å². The number of cyclic esters (lactones) is 1. The Bertz CT molecular complexity index is 2430. The minimum atomic E-state index is -0.176. The molecular formula is C78H135N5O5. The van der Waals surface area contributed by atoms with Gasteiger partial charge in [0.05, 0.1) is 18.6 Å². The minimum absolute atomic E-state index is 0.0378. The quantitative estimate of drug-likeness (QED) is 0.193. The van der Waals surface area contributed by atoms with Crippen LogP contribution in [0.25, 0.3) is 0 Å². The Morgan fingerprint density at radius 3 is 1.32 bits per heavy atom. The van der Waals surface area contributed by atoms with Gasteiger partial charge in [-0.15, -0.1) is 0 Å². The first-order valence-corrected chi connectivity index (χ1v) is 33.6. The molecule has 0 bridgehead atoms. The SMILES string of the molecule is CC(=O)N1CCCC1C(C)(C)C.CC(=O)NC(Cc1ccccc1)C(C)(C)C.CC(C)(C)C(N)Cc1ccccc1.CC(C)(C)C1CCCC1.CC1=C(COC(C)(C)C)CC(=O)O1.CN(C)C(Cc1ccccc1)C(C)(C)C.CN1CCCC1C(C)(C)C. The Balaban J connectivity index is 0.000000517. The van der Waals surface area contributed by atoms with Gasteiger partial charge < -0.3 is 35.2 Å². The minimum Gasteiger partial charge on any atom is -0.431 e. The predicted molar refractivity (Wildman–Crippen MR) is 377 cm³/mol. The number of likely N-dealkylation sites (N-methyl/N-ethyl adjacent to an activating group) is 1. The number of allylic oxidation sites excluding steroid dienone is 1. The van der Waals surface area contributed by atoms with Crippen molar-refractivity contribution >= 4 is 17.8 Å². The van der Waals surface area contributed by atoms with Crippen molar-refractivity contribution in [1.82, 2.24) is 20.0 Å². The number of nitrogens with two attached hydrogens (primary N) is 1. The Labute approximate surface area is 542 Å². The zero-order chi connectivity index (χ0) is 67.6. The number of ether oxygens (including phenoxy) is 2. The third-order valence-electron chi connectivity index (χ3n) is 17.6. The zero-order valence-corrected chi connectivity index (χ0v) is 61.7. The standard InChI is InChI=1S/C14H21NO.C14H23N.C12H19N.C10H19NO.C10H16O3.C9H19N.C9H18/c1-11(16)15-13(14(2,3)4)10-12-8-6-5-7-9-12;1-14(2,3)13(15(4)5)11-12-9-7-6-8-10-12;1-12(2,3)11(13)9-10-7-5-4-6-8-10;1-8(12)11-7-5-6-9(11)10(2,3)4;1-7-8(5-9(11)13-7)6-12-10(2,3)4;1-9(2,3)8-6-5-7-10(8)4;1-9(2,3)8-6-4-5-7-8/h5-9,13H,10H2,1-4H3,(H,15,16);6-10,13H,11H2,1-5H3;4-8,11H,9,13H2,1-3H3;9H,5-7H2,1-4H3;5-6H2,1-4H3;8H,5-7H2,1-4H3;8H,4-7H2,1-3H3. The average molecular weight is 1220 g/mol. The van der Waals surface area contributed by atoms with Crippen LogP contribution in [0.4, 0.5) is 0 Å². The van der Waals surface area contributed by atoms with Crippen LogP contribution in [-0.2, 0) is 43.1 Å². The largest absolute Gasteiger partial charge is 0.431 e. The molecule has 10 heteroatoms. The molecule has 0 radical (unpaired) electrons. The lowest BCUT2D eigenvalue weighted by Gasteiger charge is -2.36. The van der Waals surface area contributed by atoms with Gasteiger partial charge in [-0.05, 0) is 168 Å². The maximum absolute atomic E-state index is 11.2. The molecular weight excluding hydrogens is 1090 g/mol. The lowest BCUT2D eigenvalue weighted by Crippen LogP contribution is -2.44. The molecule has 5 unspecified atom stereocenters. The van der Waals surface area contributed by atoms with Gasteiger partial charge in [0.2, 0.25) is 11.8 Å². The average Bonchev–Trinajstić information content (AvgIpc) is 3.94. The lowest BCUT2D eigenvalue weighted by molar-refractivity contribution is -0.136. The summed E-state index contributed by atoms with van der Waals surface area (Å²) < 4.78 is 10.4. The highest BCUT2D eigenvalue weighted by atomic mass is 16.5. The Morgan fingerprint density at radius 1 is 0.591 bits per heavy atom. The van der Waals surface area contributed by atoms with E-state index < -0.39 is 0 Å². The summed E-state index contributed by atoms with van der Waals surface area (Å²) >= 11 is 0. The van der Waals surface area contributed by atoms with E-state index in [9.17, 15) is 14.4 Å². The van der Waals surface area contributed by atoms with Gasteiger partial charge in [0, 0.05) is 56.2 Å². The highest BCUT2D eigenvalue weighted by Crippen LogP contribution is 2.39. The fraction of sp³-hybridized carbons (Fsp3) is 0.705. The number of amides is 2. The summed E-state index contributed by atoms with van der Waals surface area (Å²) in [6.07, 6.45) is 14.4. The normalized spacial score (nSPS) is 18.6. The molecule has 10 nitrogen and oxygen atoms in total. The van der Waals surface area contributed by atoms with Gasteiger partial charge >= 0.3 is 5.97 Å². The van der Waals surface area contributed by atoms with E-state index in [4.69, 9.17) is 15.2 Å². The fourth-order valence-corrected chi connectivity index (χ4v) is 11.8. The van der Waals surface area contributed by atoms with Crippen molar-refractivity contribution < 1.29 is 23.9 Å². The molecule has 3 heterocycles. The Morgan fingerprint density at radius 2 is 1.02 bits per heavy atom. The van der Waals surface area contributed by atoms with Gasteiger partial charge in [0.15, 0.2) is 0 Å². The first-order chi connectivity index (χ1) is 40.2. The van der Waals surface area contributed by atoms with Crippen LogP contribution < -0.4 is 11.1 Å². The topological polar surface area (TPSA) is 117 Å². The van der Waals surface area contributed by atoms with E-state index in [0.717, 1.165) is 43.3 Å². The second-order valence-corrected chi connectivity index (χ2v) is 33.3. The highest BCUT2D eigenvalue weighted by Gasteiger charge is 2.36. The van der Waals surface area contributed by atoms with Gasteiger partial charge in [0.25, 0.3) is 0 Å². The van der Waals surface area contributed by atoms with Crippen molar-refractivity contribution in [2.24, 2.45) is 44.1 Å². The molecule has 0 aromatic heterocycles. The van der Waals surface area contributed by atoms with E-state index >= 15 is 0 Å². The zero-order valence-electron chi connectivity index (χ0n) is 61.7. The molecule has 3 N–H and O–H groups in total. The monoisotopic (exact) mass is 1220 g/mol. The van der Waals surface area contributed by atoms with Gasteiger partial charge in [0.1, 0.15) is 5.76 Å². The van der Waals surface area contributed by atoms with Crippen LogP contribution in [0.15, 0.2) is 102 Å². The maximum Gasteiger partial charge on any atom is 0.315 e. The van der Waals surface area contributed by atoms with Crippen LogP contribution in [-0.4, -0.2) is 109 Å². The summed E-state index contributed by atoms with van der Waals surface area (Å²) in [6.45, 7) is 54.4. The number of nitrogens with zero attached hydrogens (tertiary/aromatic N) is 3. The number of nitrogens with one attached hydrogen (secondary N) is 1. The summed E-state index contributed by atoms with van der Waals surface area (Å²) in [4.78, 5) is 40.1. The third-order valence-corrected chi connectivity index (χ3v) is 17.6. The van der Waals surface area contributed by atoms with Crippen LogP contribution in [0.2, 0.25) is 0 Å². The van der Waals surface area contributed by atoms with Gasteiger partial charge in [-0.2, -0.15) is 0 Å². The molecule has 3 aliphatic heterocycles. The number of likely N-dealkylation sites (tertiary alicyclic amines) is 2. The molecule has 2 amide bonds. The summed E-state index contributed by atoms with van der Waals surface area (Å²) in [5.74, 6) is 1.81. The lowest BCUT2D eigenvalue weighted by atomic mass is 9.80. The maximum atomic E-state index is 11.2. The second-order valence-electron chi connectivity index (χ2n) is 33.3. The third kappa shape index (κ3) is 34.2. The second kappa shape index (κ2) is 37.2. The molecule has 3 aromatic rings. The number of hydrogen-bond donors (Lipinski definition) is 2. The summed E-state index contributed by atoms with van der Waals surface area (Å²) in [6, 6.07) is 33.7. The molecule has 3 aromatic carbocycles. The van der Waals surface area contributed by atoms with E-state index in [1.54, 1.807) is 20.8 Å². The predicted octanol–water partition coefficient (Wildman–Crippen LogP) is 18.0. The van der Waals surface area contributed by atoms with Crippen LogP contribution >= 0.6 is 0 Å². The van der Waals surface area contributed by atoms with E-state index in [1.165, 1.54) is 74.6 Å². The number of carbonyl (C=O) groups excluding carboxylic acids is 3. The summed E-state index contributed by atoms with van der Waals surface area (Å²) in [5.41, 5.74) is 12.8. The molecule has 0 spiro atoms. The van der Waals surface area contributed by atoms with Crippen LogP contribution in [0.1, 0.15) is 241 Å². The molecule has 1 saturated carbocycles. The number of carbonyl (C=O) groups is 3. The highest BCUT2D eigenvalue weighted by molar-refractivity contribution is 5.77. The first-order valence-electron chi connectivity index (χ1n) is 33.6. The molecule has 7 rings (SSSR count). The number of rotatable bonds is 10. The van der Waals surface area contributed by atoms with Crippen molar-refractivity contribution in [3.8, 4) is 0 Å². The fourth-order valence-electron chi connectivity index (χ4n) is 11.8. The van der Waals surface area contributed by atoms with Crippen molar-refractivity contribution in [3.63, 3.8) is 0 Å². The molecule has 1 aliphatic carbocycles. The smallest absolute Gasteiger partial charge is 0.315 e. The van der Waals surface area contributed by atoms with Crippen molar-refractivity contribution in [2.75, 3.05) is 40.8 Å². The van der Waals surface area contributed by atoms with Crippen LogP contribution in [0.3, 0.4) is 0 Å². The molecule has 2 saturated heterocycles. The number of benzene rings is 3. The summed E-state index contributed by atoms with van der Waals surface area (Å²) in [7, 11) is 6.57. The van der Waals surface area contributed by atoms with E-state index in [0.29, 0.717) is 47.1 Å². The van der Waals surface area contributed by atoms with Gasteiger partial charge in [-0.1, -0.05) is 228 Å². The van der Waals surface area contributed by atoms with E-state index in [2.05, 4.69) is 228 Å².